The fraction of sp³-hybridized carbons (Fsp3) is 0.357. The molecule has 1 heterocycles. The number of hydrogen-bond acceptors (Lipinski definition) is 5. The van der Waals surface area contributed by atoms with E-state index in [2.05, 4.69) is 10.1 Å². The van der Waals surface area contributed by atoms with E-state index in [1.165, 1.54) is 0 Å². The lowest BCUT2D eigenvalue weighted by molar-refractivity contribution is 0.112. The van der Waals surface area contributed by atoms with Crippen molar-refractivity contribution in [1.82, 2.24) is 10.1 Å². The Bertz CT molecular complexity index is 553. The molecule has 5 nitrogen and oxygen atoms in total. The van der Waals surface area contributed by atoms with Gasteiger partial charge in [0.1, 0.15) is 12.0 Å². The number of ether oxygens (including phenoxy) is 1. The Kier molecular flexibility index (Phi) is 3.64. The molecule has 0 amide bonds. The summed E-state index contributed by atoms with van der Waals surface area (Å²) in [6.45, 7) is 6.26. The van der Waals surface area contributed by atoms with Gasteiger partial charge in [-0.15, -0.1) is 0 Å². The van der Waals surface area contributed by atoms with Gasteiger partial charge in [-0.2, -0.15) is 4.98 Å². The van der Waals surface area contributed by atoms with Crippen molar-refractivity contribution in [3.05, 3.63) is 41.5 Å². The lowest BCUT2D eigenvalue weighted by Gasteiger charge is -2.10. The number of carbonyl (C=O) groups is 1. The monoisotopic (exact) mass is 260 g/mol. The SMILES string of the molecule is CC(C)(C)c1noc(COc2ccc(C=O)cc2)n1. The van der Waals surface area contributed by atoms with E-state index in [9.17, 15) is 4.79 Å². The molecule has 100 valence electrons. The molecule has 0 fully saturated rings. The van der Waals surface area contributed by atoms with Crippen molar-refractivity contribution >= 4 is 6.29 Å². The standard InChI is InChI=1S/C14H16N2O3/c1-14(2,3)13-15-12(19-16-13)9-18-11-6-4-10(8-17)5-7-11/h4-8H,9H2,1-3H3. The molecular weight excluding hydrogens is 244 g/mol. The second-order valence-electron chi connectivity index (χ2n) is 5.24. The number of aldehydes is 1. The van der Waals surface area contributed by atoms with Gasteiger partial charge < -0.3 is 9.26 Å². The van der Waals surface area contributed by atoms with Crippen molar-refractivity contribution in [2.24, 2.45) is 0 Å². The molecule has 0 atom stereocenters. The zero-order valence-corrected chi connectivity index (χ0v) is 11.2. The summed E-state index contributed by atoms with van der Waals surface area (Å²) in [5.74, 6) is 1.74. The summed E-state index contributed by atoms with van der Waals surface area (Å²) in [5, 5.41) is 3.91. The smallest absolute Gasteiger partial charge is 0.264 e. The van der Waals surface area contributed by atoms with Crippen LogP contribution in [0.1, 0.15) is 42.8 Å². The summed E-state index contributed by atoms with van der Waals surface area (Å²) in [6.07, 6.45) is 0.789. The van der Waals surface area contributed by atoms with Crippen LogP contribution in [0.4, 0.5) is 0 Å². The molecule has 0 aliphatic heterocycles. The van der Waals surface area contributed by atoms with Crippen molar-refractivity contribution in [3.8, 4) is 5.75 Å². The van der Waals surface area contributed by atoms with Crippen LogP contribution in [0.25, 0.3) is 0 Å². The van der Waals surface area contributed by atoms with E-state index >= 15 is 0 Å². The average molecular weight is 260 g/mol. The van der Waals surface area contributed by atoms with Gasteiger partial charge in [0.25, 0.3) is 5.89 Å². The minimum absolute atomic E-state index is 0.145. The van der Waals surface area contributed by atoms with Crippen LogP contribution in [0, 0.1) is 0 Å². The maximum Gasteiger partial charge on any atom is 0.264 e. The highest BCUT2D eigenvalue weighted by Crippen LogP contribution is 2.19. The van der Waals surface area contributed by atoms with Crippen molar-refractivity contribution < 1.29 is 14.1 Å². The van der Waals surface area contributed by atoms with Crippen LogP contribution >= 0.6 is 0 Å². The molecule has 0 saturated heterocycles. The van der Waals surface area contributed by atoms with Crippen LogP contribution in [0.3, 0.4) is 0 Å². The third-order valence-electron chi connectivity index (χ3n) is 2.52. The molecule has 0 aliphatic carbocycles. The second-order valence-corrected chi connectivity index (χ2v) is 5.24. The van der Waals surface area contributed by atoms with E-state index in [4.69, 9.17) is 9.26 Å². The summed E-state index contributed by atoms with van der Waals surface area (Å²) >= 11 is 0. The van der Waals surface area contributed by atoms with Gasteiger partial charge in [0.15, 0.2) is 12.4 Å². The lowest BCUT2D eigenvalue weighted by Crippen LogP contribution is -2.13. The average Bonchev–Trinajstić information content (AvgIpc) is 2.86. The van der Waals surface area contributed by atoms with Crippen molar-refractivity contribution in [2.45, 2.75) is 32.8 Å². The molecule has 0 saturated carbocycles. The molecule has 19 heavy (non-hydrogen) atoms. The van der Waals surface area contributed by atoms with E-state index in [0.29, 0.717) is 23.0 Å². The third-order valence-corrected chi connectivity index (χ3v) is 2.52. The van der Waals surface area contributed by atoms with Gasteiger partial charge in [-0.3, -0.25) is 4.79 Å². The Balaban J connectivity index is 1.98. The topological polar surface area (TPSA) is 65.2 Å². The predicted molar refractivity (Wildman–Crippen MR) is 69.2 cm³/mol. The molecule has 1 aromatic carbocycles. The first kappa shape index (κ1) is 13.3. The molecular formula is C14H16N2O3. The maximum atomic E-state index is 10.5. The van der Waals surface area contributed by atoms with Gasteiger partial charge in [-0.25, -0.2) is 0 Å². The van der Waals surface area contributed by atoms with Crippen molar-refractivity contribution in [1.29, 1.82) is 0 Å². The van der Waals surface area contributed by atoms with Gasteiger partial charge in [-0.05, 0) is 24.3 Å². The van der Waals surface area contributed by atoms with Crippen molar-refractivity contribution in [3.63, 3.8) is 0 Å². The highest BCUT2D eigenvalue weighted by molar-refractivity contribution is 5.74. The Labute approximate surface area is 111 Å². The number of nitrogens with zero attached hydrogens (tertiary/aromatic N) is 2. The molecule has 0 N–H and O–H groups in total. The quantitative estimate of drug-likeness (QED) is 0.791. The van der Waals surface area contributed by atoms with Crippen LogP contribution in [-0.2, 0) is 12.0 Å². The molecule has 0 bridgehead atoms. The van der Waals surface area contributed by atoms with E-state index in [1.807, 2.05) is 20.8 Å². The summed E-state index contributed by atoms with van der Waals surface area (Å²) in [5.41, 5.74) is 0.466. The van der Waals surface area contributed by atoms with Crippen LogP contribution in [-0.4, -0.2) is 16.4 Å². The molecule has 0 aliphatic rings. The first-order valence-electron chi connectivity index (χ1n) is 6.00. The third kappa shape index (κ3) is 3.40. The fourth-order valence-corrected chi connectivity index (χ4v) is 1.41. The van der Waals surface area contributed by atoms with E-state index in [-0.39, 0.29) is 12.0 Å². The van der Waals surface area contributed by atoms with Gasteiger partial charge in [0.2, 0.25) is 0 Å². The summed E-state index contributed by atoms with van der Waals surface area (Å²) in [4.78, 5) is 14.8. The number of aromatic nitrogens is 2. The molecule has 5 heteroatoms. The van der Waals surface area contributed by atoms with Crippen LogP contribution in [0.5, 0.6) is 5.75 Å². The minimum atomic E-state index is -0.145. The van der Waals surface area contributed by atoms with Crippen LogP contribution in [0.15, 0.2) is 28.8 Å². The Morgan fingerprint density at radius 2 is 1.95 bits per heavy atom. The van der Waals surface area contributed by atoms with Gasteiger partial charge >= 0.3 is 0 Å². The summed E-state index contributed by atoms with van der Waals surface area (Å²) in [6, 6.07) is 6.84. The van der Waals surface area contributed by atoms with Crippen LogP contribution < -0.4 is 4.74 Å². The van der Waals surface area contributed by atoms with Gasteiger partial charge in [0, 0.05) is 11.0 Å². The number of benzene rings is 1. The largest absolute Gasteiger partial charge is 0.484 e. The molecule has 0 radical (unpaired) electrons. The number of hydrogen-bond donors (Lipinski definition) is 0. The highest BCUT2D eigenvalue weighted by atomic mass is 16.5. The van der Waals surface area contributed by atoms with Gasteiger partial charge in [-0.1, -0.05) is 25.9 Å². The molecule has 2 rings (SSSR count). The highest BCUT2D eigenvalue weighted by Gasteiger charge is 2.20. The maximum absolute atomic E-state index is 10.5. The predicted octanol–water partition coefficient (Wildman–Crippen LogP) is 2.76. The van der Waals surface area contributed by atoms with E-state index in [1.54, 1.807) is 24.3 Å². The number of carbonyl (C=O) groups excluding carboxylic acids is 1. The lowest BCUT2D eigenvalue weighted by atomic mass is 9.96. The zero-order valence-electron chi connectivity index (χ0n) is 11.2. The van der Waals surface area contributed by atoms with E-state index in [0.717, 1.165) is 6.29 Å². The Morgan fingerprint density at radius 3 is 2.47 bits per heavy atom. The second kappa shape index (κ2) is 5.22. The van der Waals surface area contributed by atoms with E-state index < -0.39 is 0 Å². The molecule has 0 unspecified atom stereocenters. The summed E-state index contributed by atoms with van der Waals surface area (Å²) < 4.78 is 10.6. The normalized spacial score (nSPS) is 11.3. The van der Waals surface area contributed by atoms with Gasteiger partial charge in [0.05, 0.1) is 0 Å². The minimum Gasteiger partial charge on any atom is -0.484 e. The molecule has 2 aromatic rings. The van der Waals surface area contributed by atoms with Crippen molar-refractivity contribution in [2.75, 3.05) is 0 Å². The molecule has 1 aromatic heterocycles. The number of rotatable bonds is 4. The summed E-state index contributed by atoms with van der Waals surface area (Å²) in [7, 11) is 0. The first-order valence-corrected chi connectivity index (χ1v) is 6.00. The Hall–Kier alpha value is -2.17. The first-order chi connectivity index (χ1) is 8.99. The fourth-order valence-electron chi connectivity index (χ4n) is 1.41. The molecule has 0 spiro atoms. The van der Waals surface area contributed by atoms with Crippen LogP contribution in [0.2, 0.25) is 0 Å². The zero-order chi connectivity index (χ0) is 13.9. The Morgan fingerprint density at radius 1 is 1.26 bits per heavy atom.